The van der Waals surface area contributed by atoms with Crippen molar-refractivity contribution in [3.8, 4) is 0 Å². The lowest BCUT2D eigenvalue weighted by atomic mass is 10.0. The molecule has 6 heteroatoms. The fourth-order valence-corrected chi connectivity index (χ4v) is 2.58. The van der Waals surface area contributed by atoms with Crippen molar-refractivity contribution in [2.75, 3.05) is 23.9 Å². The van der Waals surface area contributed by atoms with Gasteiger partial charge in [-0.25, -0.2) is 0 Å². The van der Waals surface area contributed by atoms with Gasteiger partial charge >= 0.3 is 5.97 Å². The summed E-state index contributed by atoms with van der Waals surface area (Å²) >= 11 is 6.10. The number of hydrogen-bond acceptors (Lipinski definition) is 3. The molecule has 19 heavy (non-hydrogen) atoms. The average Bonchev–Trinajstić information content (AvgIpc) is 2.35. The van der Waals surface area contributed by atoms with E-state index in [2.05, 4.69) is 0 Å². The molecule has 1 unspecified atom stereocenters. The van der Waals surface area contributed by atoms with E-state index >= 15 is 0 Å². The molecule has 5 nitrogen and oxygen atoms in total. The van der Waals surface area contributed by atoms with E-state index in [4.69, 9.17) is 16.7 Å². The molecule has 1 aromatic rings. The van der Waals surface area contributed by atoms with E-state index in [1.54, 1.807) is 31.1 Å². The van der Waals surface area contributed by atoms with Crippen LogP contribution in [0.15, 0.2) is 12.1 Å². The summed E-state index contributed by atoms with van der Waals surface area (Å²) < 4.78 is 0. The largest absolute Gasteiger partial charge is 0.481 e. The van der Waals surface area contributed by atoms with Crippen LogP contribution in [0.25, 0.3) is 0 Å². The highest BCUT2D eigenvalue weighted by Crippen LogP contribution is 2.40. The number of fused-ring (bicyclic) bond motifs is 1. The molecule has 1 aliphatic heterocycles. The summed E-state index contributed by atoms with van der Waals surface area (Å²) in [4.78, 5) is 26.3. The molecule has 0 radical (unpaired) electrons. The molecule has 0 fully saturated rings. The van der Waals surface area contributed by atoms with E-state index in [9.17, 15) is 9.59 Å². The Hall–Kier alpha value is -1.75. The van der Waals surface area contributed by atoms with Gasteiger partial charge in [0.25, 0.3) is 0 Å². The Morgan fingerprint density at radius 1 is 1.42 bits per heavy atom. The van der Waals surface area contributed by atoms with Crippen LogP contribution in [-0.4, -0.2) is 37.1 Å². The van der Waals surface area contributed by atoms with E-state index in [1.165, 1.54) is 4.90 Å². The minimum atomic E-state index is -0.998. The third-order valence-electron chi connectivity index (χ3n) is 3.51. The molecule has 102 valence electrons. The number of carboxylic acid groups (broad SMARTS) is 1. The maximum atomic E-state index is 12.2. The van der Waals surface area contributed by atoms with Gasteiger partial charge in [0.1, 0.15) is 6.04 Å². The number of aliphatic carboxylic acids is 1. The second kappa shape index (κ2) is 4.74. The smallest absolute Gasteiger partial charge is 0.305 e. The van der Waals surface area contributed by atoms with Crippen LogP contribution >= 0.6 is 11.6 Å². The number of anilines is 2. The monoisotopic (exact) mass is 282 g/mol. The van der Waals surface area contributed by atoms with Crippen LogP contribution in [0, 0.1) is 6.92 Å². The van der Waals surface area contributed by atoms with Gasteiger partial charge in [0.2, 0.25) is 5.91 Å². The van der Waals surface area contributed by atoms with Crippen LogP contribution in [0.5, 0.6) is 0 Å². The minimum Gasteiger partial charge on any atom is -0.481 e. The summed E-state index contributed by atoms with van der Waals surface area (Å²) in [5.41, 5.74) is 2.40. The summed E-state index contributed by atoms with van der Waals surface area (Å²) in [6.45, 7) is 1.86. The van der Waals surface area contributed by atoms with Gasteiger partial charge in [-0.2, -0.15) is 0 Å². The Bertz CT molecular complexity index is 559. The molecule has 1 heterocycles. The molecule has 0 aliphatic carbocycles. The van der Waals surface area contributed by atoms with E-state index in [-0.39, 0.29) is 12.3 Å². The third-order valence-corrected chi connectivity index (χ3v) is 3.92. The van der Waals surface area contributed by atoms with Crippen molar-refractivity contribution in [1.82, 2.24) is 0 Å². The van der Waals surface area contributed by atoms with Crippen molar-refractivity contribution in [3.05, 3.63) is 22.7 Å². The number of halogens is 1. The van der Waals surface area contributed by atoms with Crippen LogP contribution in [0.2, 0.25) is 5.02 Å². The first-order valence-corrected chi connectivity index (χ1v) is 6.23. The van der Waals surface area contributed by atoms with E-state index < -0.39 is 12.0 Å². The zero-order valence-electron chi connectivity index (χ0n) is 11.0. The van der Waals surface area contributed by atoms with Crippen LogP contribution in [0.4, 0.5) is 11.4 Å². The molecule has 1 atom stereocenters. The lowest BCUT2D eigenvalue weighted by molar-refractivity contribution is -0.139. The van der Waals surface area contributed by atoms with Gasteiger partial charge < -0.3 is 14.9 Å². The third kappa shape index (κ3) is 2.14. The van der Waals surface area contributed by atoms with Gasteiger partial charge in [-0.05, 0) is 24.6 Å². The minimum absolute atomic E-state index is 0.223. The van der Waals surface area contributed by atoms with E-state index in [1.807, 2.05) is 6.92 Å². The quantitative estimate of drug-likeness (QED) is 0.900. The Kier molecular flexibility index (Phi) is 3.41. The summed E-state index contributed by atoms with van der Waals surface area (Å²) in [6.07, 6.45) is -0.231. The SMILES string of the molecule is Cc1c(Cl)ccc2c1N(C)C(CC(=O)O)C(=O)N2C. The highest BCUT2D eigenvalue weighted by Gasteiger charge is 2.37. The molecular weight excluding hydrogens is 268 g/mol. The van der Waals surface area contributed by atoms with Gasteiger partial charge in [0.15, 0.2) is 0 Å². The predicted molar refractivity (Wildman–Crippen MR) is 74.0 cm³/mol. The molecule has 1 aromatic carbocycles. The molecule has 0 saturated carbocycles. The molecule has 1 aliphatic rings. The highest BCUT2D eigenvalue weighted by molar-refractivity contribution is 6.32. The van der Waals surface area contributed by atoms with Crippen molar-refractivity contribution in [2.24, 2.45) is 0 Å². The molecule has 0 aromatic heterocycles. The Balaban J connectivity index is 2.56. The lowest BCUT2D eigenvalue weighted by Gasteiger charge is -2.40. The fourth-order valence-electron chi connectivity index (χ4n) is 2.43. The fraction of sp³-hybridized carbons (Fsp3) is 0.385. The zero-order chi connectivity index (χ0) is 14.3. The second-order valence-electron chi connectivity index (χ2n) is 4.66. The van der Waals surface area contributed by atoms with Crippen molar-refractivity contribution in [2.45, 2.75) is 19.4 Å². The van der Waals surface area contributed by atoms with Crippen molar-refractivity contribution in [3.63, 3.8) is 0 Å². The zero-order valence-corrected chi connectivity index (χ0v) is 11.7. The molecule has 0 spiro atoms. The van der Waals surface area contributed by atoms with Crippen LogP contribution in [0.3, 0.4) is 0 Å². The Morgan fingerprint density at radius 3 is 2.63 bits per heavy atom. The summed E-state index contributed by atoms with van der Waals surface area (Å²) in [6, 6.07) is 2.81. The van der Waals surface area contributed by atoms with Crippen molar-refractivity contribution >= 4 is 34.9 Å². The van der Waals surface area contributed by atoms with Gasteiger partial charge in [-0.1, -0.05) is 11.6 Å². The van der Waals surface area contributed by atoms with Crippen LogP contribution in [0.1, 0.15) is 12.0 Å². The standard InChI is InChI=1S/C13H15ClN2O3/c1-7-8(14)4-5-9-12(7)15(2)10(6-11(17)18)13(19)16(9)3/h4-5,10H,6H2,1-3H3,(H,17,18). The Labute approximate surface area is 116 Å². The molecule has 2 rings (SSSR count). The molecule has 1 N–H and O–H groups in total. The maximum absolute atomic E-state index is 12.2. The number of rotatable bonds is 2. The lowest BCUT2D eigenvalue weighted by Crippen LogP contribution is -2.51. The van der Waals surface area contributed by atoms with E-state index in [0.29, 0.717) is 5.02 Å². The topological polar surface area (TPSA) is 60.9 Å². The molecule has 0 saturated heterocycles. The maximum Gasteiger partial charge on any atom is 0.305 e. The predicted octanol–water partition coefficient (Wildman–Crippen LogP) is 1.90. The van der Waals surface area contributed by atoms with Gasteiger partial charge in [0, 0.05) is 19.1 Å². The molecular formula is C13H15ClN2O3. The van der Waals surface area contributed by atoms with Gasteiger partial charge in [-0.15, -0.1) is 0 Å². The van der Waals surface area contributed by atoms with Crippen molar-refractivity contribution in [1.29, 1.82) is 0 Å². The Morgan fingerprint density at radius 2 is 2.05 bits per heavy atom. The van der Waals surface area contributed by atoms with E-state index in [0.717, 1.165) is 16.9 Å². The molecule has 0 bridgehead atoms. The first-order valence-electron chi connectivity index (χ1n) is 5.86. The number of hydrogen-bond donors (Lipinski definition) is 1. The number of carbonyl (C=O) groups excluding carboxylic acids is 1. The summed E-state index contributed by atoms with van der Waals surface area (Å²) in [5, 5.41) is 9.54. The van der Waals surface area contributed by atoms with Crippen LogP contribution < -0.4 is 9.80 Å². The first-order chi connectivity index (χ1) is 8.84. The first kappa shape index (κ1) is 13.7. The number of likely N-dealkylation sites (N-methyl/N-ethyl adjacent to an activating group) is 2. The number of nitrogens with zero attached hydrogens (tertiary/aromatic N) is 2. The van der Waals surface area contributed by atoms with Crippen molar-refractivity contribution < 1.29 is 14.7 Å². The summed E-state index contributed by atoms with van der Waals surface area (Å²) in [7, 11) is 3.37. The number of carbonyl (C=O) groups is 2. The number of carboxylic acids is 1. The number of benzene rings is 1. The average molecular weight is 283 g/mol. The number of amides is 1. The highest BCUT2D eigenvalue weighted by atomic mass is 35.5. The van der Waals surface area contributed by atoms with Crippen LogP contribution in [-0.2, 0) is 9.59 Å². The normalized spacial score (nSPS) is 18.5. The van der Waals surface area contributed by atoms with Gasteiger partial charge in [-0.3, -0.25) is 9.59 Å². The van der Waals surface area contributed by atoms with Gasteiger partial charge in [0.05, 0.1) is 17.8 Å². The second-order valence-corrected chi connectivity index (χ2v) is 5.07. The summed E-state index contributed by atoms with van der Waals surface area (Å²) in [5.74, 6) is -1.22. The molecule has 1 amide bonds.